The Hall–Kier alpha value is -2.20. The van der Waals surface area contributed by atoms with Crippen molar-refractivity contribution in [3.63, 3.8) is 0 Å². The summed E-state index contributed by atoms with van der Waals surface area (Å²) in [4.78, 5) is 52.7. The van der Waals surface area contributed by atoms with Gasteiger partial charge in [0, 0.05) is 37.8 Å². The Kier molecular flexibility index (Phi) is 13.7. The number of aliphatic hydroxyl groups excluding tert-OH is 2. The summed E-state index contributed by atoms with van der Waals surface area (Å²) in [6, 6.07) is 0.232. The van der Waals surface area contributed by atoms with E-state index in [2.05, 4.69) is 52.2 Å². The predicted molar refractivity (Wildman–Crippen MR) is 250 cm³/mol. The Labute approximate surface area is 391 Å². The molecule has 12 aliphatic rings. The molecule has 0 spiro atoms. The molecule has 8 aliphatic carbocycles. The average Bonchev–Trinajstić information content (AvgIpc) is 3.81. The Morgan fingerprint density at radius 2 is 0.831 bits per heavy atom. The van der Waals surface area contributed by atoms with Gasteiger partial charge in [0.15, 0.2) is 0 Å². The van der Waals surface area contributed by atoms with Crippen LogP contribution < -0.4 is 10.6 Å². The largest absolute Gasteiger partial charge is 0.462 e. The lowest BCUT2D eigenvalue weighted by atomic mass is 9.43. The summed E-state index contributed by atoms with van der Waals surface area (Å²) in [7, 11) is 0. The van der Waals surface area contributed by atoms with Gasteiger partial charge in [-0.1, -0.05) is 41.5 Å². The fourth-order valence-corrected chi connectivity index (χ4v) is 19.2. The van der Waals surface area contributed by atoms with E-state index in [1.807, 2.05) is 0 Å². The lowest BCUT2D eigenvalue weighted by molar-refractivity contribution is -0.167. The summed E-state index contributed by atoms with van der Waals surface area (Å²) in [5.74, 6) is 4.71. The van der Waals surface area contributed by atoms with Crippen molar-refractivity contribution < 1.29 is 38.9 Å². The Morgan fingerprint density at radius 1 is 0.462 bits per heavy atom. The number of hydrogen-bond donors (Lipinski definition) is 4. The molecule has 4 heterocycles. The Morgan fingerprint density at radius 3 is 1.25 bits per heavy atom. The predicted octanol–water partition coefficient (Wildman–Crippen LogP) is 9.32. The van der Waals surface area contributed by atoms with Gasteiger partial charge < -0.3 is 30.3 Å². The minimum absolute atomic E-state index is 0.0436. The van der Waals surface area contributed by atoms with Crippen molar-refractivity contribution in [3.8, 4) is 0 Å². The highest BCUT2D eigenvalue weighted by atomic mass is 16.6. The molecule has 12 fully saturated rings. The number of aliphatic hydroxyl groups is 2. The third-order valence-electron chi connectivity index (χ3n) is 22.6. The van der Waals surface area contributed by atoms with Gasteiger partial charge in [-0.05, 0) is 215 Å². The van der Waals surface area contributed by atoms with Gasteiger partial charge in [-0.2, -0.15) is 0 Å². The number of carbonyl (C=O) groups is 4. The van der Waals surface area contributed by atoms with Crippen molar-refractivity contribution in [2.24, 2.45) is 92.7 Å². The summed E-state index contributed by atoms with van der Waals surface area (Å²) in [6.45, 7) is 14.8. The number of ether oxygens (including phenoxy) is 2. The molecule has 0 radical (unpaired) electrons. The van der Waals surface area contributed by atoms with Crippen LogP contribution in [0.4, 0.5) is 0 Å². The number of amides is 2. The molecule has 65 heavy (non-hydrogen) atoms. The first kappa shape index (κ1) is 47.8. The third-order valence-corrected chi connectivity index (χ3v) is 22.6. The topological polar surface area (TPSA) is 151 Å². The van der Waals surface area contributed by atoms with Gasteiger partial charge >= 0.3 is 11.9 Å². The molecule has 10 nitrogen and oxygen atoms in total. The van der Waals surface area contributed by atoms with E-state index >= 15 is 0 Å². The van der Waals surface area contributed by atoms with Crippen molar-refractivity contribution in [2.45, 2.75) is 214 Å². The van der Waals surface area contributed by atoms with Crippen molar-refractivity contribution in [3.05, 3.63) is 0 Å². The highest BCUT2D eigenvalue weighted by molar-refractivity contribution is 5.79. The quantitative estimate of drug-likeness (QED) is 0.176. The van der Waals surface area contributed by atoms with Crippen LogP contribution >= 0.6 is 0 Å². The summed E-state index contributed by atoms with van der Waals surface area (Å²) in [6.07, 6.45) is 19.6. The van der Waals surface area contributed by atoms with Crippen LogP contribution in [0.1, 0.15) is 189 Å². The number of fused-ring (bicyclic) bond motifs is 2. The molecule has 20 atom stereocenters. The lowest BCUT2D eigenvalue weighted by Crippen LogP contribution is -2.59. The molecule has 366 valence electrons. The van der Waals surface area contributed by atoms with Gasteiger partial charge in [0.2, 0.25) is 11.8 Å². The first-order valence-corrected chi connectivity index (χ1v) is 27.2. The second kappa shape index (κ2) is 18.6. The van der Waals surface area contributed by atoms with E-state index in [1.54, 1.807) is 0 Å². The standard InChI is InChI=1S/C55H88N2O8/c1-32-10-16-48(62)64-26-27-65-49(63)17-11-33(2)39-13-15-41-51-43(21-25-55(39,41)6)53(4)23-19-37(29-35(53)31-45(51)59)57-47(61)9-7-8-46(60)56-36-18-22-52(3)34(28-36)30-44(58)50-40-14-12-38(32)54(40,5)24-20-42(50)52/h32-45,50-51,58-59H,7-31H2,1-6H3,(H,56,60)(H,57,61)/t32-,33-,34?,35?,36-,37-,38-,39-,40-,41+,42+,43+,44+,45+,50+,51+,52+,53+,54-,55-/m1/s1. The zero-order chi connectivity index (χ0) is 46.1. The van der Waals surface area contributed by atoms with E-state index in [0.717, 1.165) is 116 Å². The highest BCUT2D eigenvalue weighted by Gasteiger charge is 2.65. The first-order chi connectivity index (χ1) is 30.9. The SMILES string of the molecule is C[C@@H]1CCC(=O)OCCOC(=O)CC[C@@H](C)[C@H]2CC[C@H]3[C@@H]4[C@@H](O)CC5C[C@@H](CC[C@]5(C)[C@H]4CC[C@]23C)NC(=O)CCCC(=O)N[C@@H]2CC[C@@]3(C)C(C2)C[C@H](O)[C@H]2[C@H]4CC[C@H]1[C@@]4(C)CC[C@@H]23. The zero-order valence-electron chi connectivity index (χ0n) is 41.3. The molecule has 13 bridgehead atoms. The van der Waals surface area contributed by atoms with E-state index in [-0.39, 0.29) is 82.9 Å². The lowest BCUT2D eigenvalue weighted by Gasteiger charge is -2.62. The van der Waals surface area contributed by atoms with Gasteiger partial charge in [0.25, 0.3) is 0 Å². The summed E-state index contributed by atoms with van der Waals surface area (Å²) >= 11 is 0. The number of carbonyl (C=O) groups excluding carboxylic acids is 4. The fourth-order valence-electron chi connectivity index (χ4n) is 19.2. The summed E-state index contributed by atoms with van der Waals surface area (Å²) in [5, 5.41) is 30.7. The average molecular weight is 905 g/mol. The molecular formula is C55H88N2O8. The molecule has 0 aromatic rings. The Bertz CT molecular complexity index is 1650. The fraction of sp³-hybridized carbons (Fsp3) is 0.927. The summed E-state index contributed by atoms with van der Waals surface area (Å²) in [5.41, 5.74) is 0.609. The number of nitrogens with one attached hydrogen (secondary N) is 2. The molecule has 0 aromatic heterocycles. The van der Waals surface area contributed by atoms with Crippen LogP contribution in [0.5, 0.6) is 0 Å². The highest BCUT2D eigenvalue weighted by Crippen LogP contribution is 2.70. The van der Waals surface area contributed by atoms with E-state index in [4.69, 9.17) is 9.47 Å². The van der Waals surface area contributed by atoms with Crippen LogP contribution in [0.15, 0.2) is 0 Å². The minimum Gasteiger partial charge on any atom is -0.462 e. The zero-order valence-corrected chi connectivity index (χ0v) is 41.3. The van der Waals surface area contributed by atoms with Crippen molar-refractivity contribution in [1.29, 1.82) is 0 Å². The van der Waals surface area contributed by atoms with Crippen LogP contribution in [0.2, 0.25) is 0 Å². The second-order valence-corrected chi connectivity index (χ2v) is 25.5. The van der Waals surface area contributed by atoms with Crippen LogP contribution in [0.3, 0.4) is 0 Å². The number of esters is 2. The van der Waals surface area contributed by atoms with Gasteiger partial charge in [-0.15, -0.1) is 0 Å². The number of hydrogen-bond acceptors (Lipinski definition) is 8. The van der Waals surface area contributed by atoms with Crippen LogP contribution in [-0.4, -0.2) is 71.5 Å². The van der Waals surface area contributed by atoms with E-state index in [0.29, 0.717) is 103 Å². The Balaban J connectivity index is 0.857. The molecule has 10 heteroatoms. The second-order valence-electron chi connectivity index (χ2n) is 25.5. The van der Waals surface area contributed by atoms with Crippen LogP contribution in [0.25, 0.3) is 0 Å². The number of rotatable bonds is 0. The third kappa shape index (κ3) is 8.76. The molecule has 2 amide bonds. The van der Waals surface area contributed by atoms with Crippen LogP contribution in [0, 0.1) is 92.7 Å². The van der Waals surface area contributed by atoms with E-state index < -0.39 is 0 Å². The smallest absolute Gasteiger partial charge is 0.305 e. The van der Waals surface area contributed by atoms with Crippen molar-refractivity contribution in [2.75, 3.05) is 13.2 Å². The molecule has 0 aromatic carbocycles. The van der Waals surface area contributed by atoms with Gasteiger partial charge in [-0.3, -0.25) is 19.2 Å². The summed E-state index contributed by atoms with van der Waals surface area (Å²) < 4.78 is 11.2. The molecule has 4 saturated heterocycles. The molecule has 4 aliphatic heterocycles. The molecule has 8 saturated carbocycles. The van der Waals surface area contributed by atoms with Gasteiger partial charge in [-0.25, -0.2) is 0 Å². The van der Waals surface area contributed by atoms with E-state index in [1.165, 1.54) is 0 Å². The molecule has 2 unspecified atom stereocenters. The minimum atomic E-state index is -0.329. The normalized spacial score (nSPS) is 51.3. The van der Waals surface area contributed by atoms with Gasteiger partial charge in [0.1, 0.15) is 13.2 Å². The monoisotopic (exact) mass is 905 g/mol. The maximum atomic E-state index is 13.4. The molecular weight excluding hydrogens is 817 g/mol. The first-order valence-electron chi connectivity index (χ1n) is 27.2. The van der Waals surface area contributed by atoms with Crippen LogP contribution in [-0.2, 0) is 28.7 Å². The van der Waals surface area contributed by atoms with E-state index in [9.17, 15) is 29.4 Å². The van der Waals surface area contributed by atoms with Crippen molar-refractivity contribution >= 4 is 23.8 Å². The van der Waals surface area contributed by atoms with Crippen molar-refractivity contribution in [1.82, 2.24) is 10.6 Å². The molecule has 4 N–H and O–H groups in total. The van der Waals surface area contributed by atoms with Gasteiger partial charge in [0.05, 0.1) is 12.2 Å². The maximum Gasteiger partial charge on any atom is 0.305 e. The maximum absolute atomic E-state index is 13.4. The molecule has 12 rings (SSSR count).